The predicted octanol–water partition coefficient (Wildman–Crippen LogP) is 0.305. The number of aromatic nitrogens is 2. The van der Waals surface area contributed by atoms with Crippen molar-refractivity contribution in [3.8, 4) is 0 Å². The molecule has 0 radical (unpaired) electrons. The molecule has 1 aromatic heterocycles. The summed E-state index contributed by atoms with van der Waals surface area (Å²) in [7, 11) is 0. The van der Waals surface area contributed by atoms with E-state index < -0.39 is 0 Å². The third kappa shape index (κ3) is 1.89. The van der Waals surface area contributed by atoms with E-state index in [9.17, 15) is 0 Å². The van der Waals surface area contributed by atoms with Crippen molar-refractivity contribution >= 4 is 22.6 Å². The van der Waals surface area contributed by atoms with E-state index in [-0.39, 0.29) is 12.0 Å². The lowest BCUT2D eigenvalue weighted by atomic mass is 10.1. The van der Waals surface area contributed by atoms with E-state index in [1.54, 1.807) is 0 Å². The largest absolute Gasteiger partial charge is 0.396 e. The van der Waals surface area contributed by atoms with Crippen LogP contribution in [0.3, 0.4) is 0 Å². The molecule has 1 aliphatic carbocycles. The smallest absolute Gasteiger partial charge is 0.233 e. The molecule has 1 heterocycles. The maximum Gasteiger partial charge on any atom is 0.233 e. The predicted molar refractivity (Wildman–Crippen MR) is 51.6 cm³/mol. The van der Waals surface area contributed by atoms with Gasteiger partial charge in [0, 0.05) is 23.5 Å². The Morgan fingerprint density at radius 1 is 1.62 bits per heavy atom. The van der Waals surface area contributed by atoms with Crippen molar-refractivity contribution in [3.63, 3.8) is 0 Å². The zero-order chi connectivity index (χ0) is 9.31. The number of hydrogen-bond donors (Lipinski definition) is 3. The molecule has 72 valence electrons. The third-order valence-electron chi connectivity index (χ3n) is 2.35. The van der Waals surface area contributed by atoms with E-state index >= 15 is 0 Å². The fourth-order valence-corrected chi connectivity index (χ4v) is 1.63. The van der Waals surface area contributed by atoms with Gasteiger partial charge in [0.2, 0.25) is 11.1 Å². The fraction of sp³-hybridized carbons (Fsp3) is 0.714. The van der Waals surface area contributed by atoms with Gasteiger partial charge in [-0.15, -0.1) is 0 Å². The highest BCUT2D eigenvalue weighted by molar-refractivity contribution is 7.09. The normalized spacial score (nSPS) is 18.5. The second-order valence-corrected chi connectivity index (χ2v) is 4.22. The Morgan fingerprint density at radius 3 is 2.85 bits per heavy atom. The molecule has 0 unspecified atom stereocenters. The van der Waals surface area contributed by atoms with Gasteiger partial charge in [0.05, 0.1) is 6.61 Å². The fourth-order valence-electron chi connectivity index (χ4n) is 1.14. The molecule has 4 N–H and O–H groups in total. The molecule has 13 heavy (non-hydrogen) atoms. The zero-order valence-electron chi connectivity index (χ0n) is 7.16. The molecule has 5 nitrogen and oxygen atoms in total. The maximum atomic E-state index is 9.04. The van der Waals surface area contributed by atoms with Crippen LogP contribution in [0, 0.1) is 5.41 Å². The van der Waals surface area contributed by atoms with Crippen molar-refractivity contribution in [1.29, 1.82) is 0 Å². The molecule has 0 atom stereocenters. The molecule has 6 heteroatoms. The van der Waals surface area contributed by atoms with E-state index in [1.165, 1.54) is 11.5 Å². The molecule has 0 amide bonds. The van der Waals surface area contributed by atoms with Gasteiger partial charge in [-0.05, 0) is 12.8 Å². The number of nitrogens with zero attached hydrogens (tertiary/aromatic N) is 2. The number of nitrogens with two attached hydrogens (primary N) is 1. The second kappa shape index (κ2) is 3.12. The average Bonchev–Trinajstić information content (AvgIpc) is 2.81. The summed E-state index contributed by atoms with van der Waals surface area (Å²) in [5.74, 6) is 0.307. The summed E-state index contributed by atoms with van der Waals surface area (Å²) >= 11 is 1.25. The Hall–Kier alpha value is -0.880. The van der Waals surface area contributed by atoms with Crippen LogP contribution in [0.5, 0.6) is 0 Å². The summed E-state index contributed by atoms with van der Waals surface area (Å²) in [5, 5.41) is 12.9. The molecule has 0 aromatic carbocycles. The van der Waals surface area contributed by atoms with Crippen LogP contribution in [-0.2, 0) is 0 Å². The molecule has 2 rings (SSSR count). The molecule has 1 saturated carbocycles. The molecule has 1 aromatic rings. The van der Waals surface area contributed by atoms with Gasteiger partial charge in [-0.3, -0.25) is 0 Å². The summed E-state index contributed by atoms with van der Waals surface area (Å²) in [6.45, 7) is 1.01. The van der Waals surface area contributed by atoms with Crippen LogP contribution in [0.1, 0.15) is 12.8 Å². The molecule has 1 fully saturated rings. The number of anilines is 2. The summed E-state index contributed by atoms with van der Waals surface area (Å²) in [4.78, 5) is 3.97. The maximum absolute atomic E-state index is 9.04. The highest BCUT2D eigenvalue weighted by Gasteiger charge is 2.41. The first kappa shape index (κ1) is 8.71. The minimum Gasteiger partial charge on any atom is -0.396 e. The zero-order valence-corrected chi connectivity index (χ0v) is 7.97. The van der Waals surface area contributed by atoms with Gasteiger partial charge < -0.3 is 16.2 Å². The van der Waals surface area contributed by atoms with E-state index in [0.29, 0.717) is 5.95 Å². The molecule has 0 aliphatic heterocycles. The lowest BCUT2D eigenvalue weighted by molar-refractivity contribution is 0.220. The number of hydrogen-bond acceptors (Lipinski definition) is 6. The summed E-state index contributed by atoms with van der Waals surface area (Å²) in [6.07, 6.45) is 2.18. The van der Waals surface area contributed by atoms with Crippen LogP contribution in [0.2, 0.25) is 0 Å². The van der Waals surface area contributed by atoms with E-state index in [0.717, 1.165) is 24.5 Å². The van der Waals surface area contributed by atoms with Crippen LogP contribution in [0.15, 0.2) is 0 Å². The Bertz CT molecular complexity index is 296. The van der Waals surface area contributed by atoms with Crippen molar-refractivity contribution in [3.05, 3.63) is 0 Å². The molecule has 1 aliphatic rings. The minimum atomic E-state index is 0.0977. The van der Waals surface area contributed by atoms with E-state index in [2.05, 4.69) is 14.7 Å². The number of nitrogens with one attached hydrogen (secondary N) is 1. The number of nitrogen functional groups attached to an aromatic ring is 1. The summed E-state index contributed by atoms with van der Waals surface area (Å²) < 4.78 is 3.85. The van der Waals surface area contributed by atoms with Gasteiger partial charge in [0.25, 0.3) is 0 Å². The first-order valence-electron chi connectivity index (χ1n) is 4.18. The lowest BCUT2D eigenvalue weighted by Gasteiger charge is -2.10. The first-order valence-corrected chi connectivity index (χ1v) is 4.95. The third-order valence-corrected chi connectivity index (χ3v) is 3.04. The molecular formula is C7H12N4OS. The van der Waals surface area contributed by atoms with Gasteiger partial charge in [0.1, 0.15) is 0 Å². The Kier molecular flexibility index (Phi) is 2.09. The van der Waals surface area contributed by atoms with Crippen LogP contribution in [0.4, 0.5) is 11.1 Å². The standard InChI is InChI=1S/C7H12N4OS/c8-5-10-6(13-11-5)9-3-7(4-12)1-2-7/h12H,1-4H2,(H3,8,9,10,11). The van der Waals surface area contributed by atoms with Gasteiger partial charge in [0.15, 0.2) is 0 Å². The SMILES string of the molecule is Nc1nsc(NCC2(CO)CC2)n1. The monoisotopic (exact) mass is 200 g/mol. The molecular weight excluding hydrogens is 188 g/mol. The van der Waals surface area contributed by atoms with Crippen molar-refractivity contribution in [1.82, 2.24) is 9.36 Å². The molecule has 0 bridgehead atoms. The van der Waals surface area contributed by atoms with Crippen molar-refractivity contribution in [2.24, 2.45) is 5.41 Å². The van der Waals surface area contributed by atoms with Crippen molar-refractivity contribution in [2.75, 3.05) is 24.2 Å². The van der Waals surface area contributed by atoms with E-state index in [1.807, 2.05) is 0 Å². The van der Waals surface area contributed by atoms with Gasteiger partial charge in [-0.1, -0.05) is 0 Å². The average molecular weight is 200 g/mol. The Balaban J connectivity index is 1.86. The number of aliphatic hydroxyl groups is 1. The number of rotatable bonds is 4. The van der Waals surface area contributed by atoms with E-state index in [4.69, 9.17) is 10.8 Å². The quantitative estimate of drug-likeness (QED) is 0.651. The highest BCUT2D eigenvalue weighted by Crippen LogP contribution is 2.44. The summed E-state index contributed by atoms with van der Waals surface area (Å²) in [6, 6.07) is 0. The van der Waals surface area contributed by atoms with Gasteiger partial charge in [-0.25, -0.2) is 0 Å². The second-order valence-electron chi connectivity index (χ2n) is 3.47. The van der Waals surface area contributed by atoms with Gasteiger partial charge >= 0.3 is 0 Å². The summed E-state index contributed by atoms with van der Waals surface area (Å²) in [5.41, 5.74) is 5.46. The van der Waals surface area contributed by atoms with Crippen molar-refractivity contribution < 1.29 is 5.11 Å². The van der Waals surface area contributed by atoms with Crippen LogP contribution in [-0.4, -0.2) is 27.6 Å². The molecule has 0 spiro atoms. The minimum absolute atomic E-state index is 0.0977. The van der Waals surface area contributed by atoms with Gasteiger partial charge in [-0.2, -0.15) is 9.36 Å². The van der Waals surface area contributed by atoms with Crippen LogP contribution < -0.4 is 11.1 Å². The van der Waals surface area contributed by atoms with Crippen molar-refractivity contribution in [2.45, 2.75) is 12.8 Å². The number of aliphatic hydroxyl groups excluding tert-OH is 1. The van der Waals surface area contributed by atoms with Crippen LogP contribution in [0.25, 0.3) is 0 Å². The Morgan fingerprint density at radius 2 is 2.38 bits per heavy atom. The topological polar surface area (TPSA) is 84.1 Å². The Labute approximate surface area is 80.2 Å². The lowest BCUT2D eigenvalue weighted by Crippen LogP contribution is -2.18. The highest BCUT2D eigenvalue weighted by atomic mass is 32.1. The first-order chi connectivity index (χ1) is 6.24. The van der Waals surface area contributed by atoms with Crippen LogP contribution >= 0.6 is 11.5 Å². The molecule has 0 saturated heterocycles.